The molecule has 0 spiro atoms. The van der Waals surface area contributed by atoms with Gasteiger partial charge in [-0.2, -0.15) is 5.10 Å². The Labute approximate surface area is 135 Å². The van der Waals surface area contributed by atoms with E-state index >= 15 is 0 Å². The normalized spacial score (nSPS) is 20.6. The fourth-order valence-electron chi connectivity index (χ4n) is 3.20. The number of aromatic nitrogens is 2. The predicted octanol–water partition coefficient (Wildman–Crippen LogP) is 2.29. The molecule has 6 heteroatoms. The van der Waals surface area contributed by atoms with Crippen molar-refractivity contribution in [2.45, 2.75) is 25.9 Å². The maximum absolute atomic E-state index is 11.9. The maximum atomic E-state index is 11.9. The van der Waals surface area contributed by atoms with E-state index < -0.39 is 0 Å². The van der Waals surface area contributed by atoms with Gasteiger partial charge in [-0.15, -0.1) is 0 Å². The highest BCUT2D eigenvalue weighted by Gasteiger charge is 2.26. The van der Waals surface area contributed by atoms with Crippen LogP contribution in [-0.2, 0) is 9.53 Å². The van der Waals surface area contributed by atoms with Crippen LogP contribution in [0.15, 0.2) is 30.6 Å². The number of carbonyl (C=O) groups is 1. The van der Waals surface area contributed by atoms with E-state index in [1.807, 2.05) is 27.9 Å². The van der Waals surface area contributed by atoms with Gasteiger partial charge in [0.15, 0.2) is 0 Å². The lowest BCUT2D eigenvalue weighted by Crippen LogP contribution is -2.44. The van der Waals surface area contributed by atoms with Crippen LogP contribution in [0.4, 0.5) is 11.4 Å². The van der Waals surface area contributed by atoms with Gasteiger partial charge in [-0.3, -0.25) is 9.48 Å². The Balaban J connectivity index is 1.67. The molecule has 1 N–H and O–H groups in total. The second-order valence-electron chi connectivity index (χ2n) is 6.25. The van der Waals surface area contributed by atoms with E-state index in [2.05, 4.69) is 29.6 Å². The SMILES string of the molecule is CC(=O)N1c2ccc(-c3cnn(C4COC4)c3)cc2NCC1C. The van der Waals surface area contributed by atoms with Crippen LogP contribution in [0.1, 0.15) is 19.9 Å². The third kappa shape index (κ3) is 2.39. The molecule has 120 valence electrons. The molecule has 1 amide bonds. The number of amides is 1. The summed E-state index contributed by atoms with van der Waals surface area (Å²) >= 11 is 0. The molecule has 0 saturated carbocycles. The first-order valence-electron chi connectivity index (χ1n) is 7.93. The molecule has 1 aromatic carbocycles. The molecular weight excluding hydrogens is 292 g/mol. The predicted molar refractivity (Wildman–Crippen MR) is 88.6 cm³/mol. The van der Waals surface area contributed by atoms with Crippen LogP contribution in [0.2, 0.25) is 0 Å². The quantitative estimate of drug-likeness (QED) is 0.924. The molecule has 1 fully saturated rings. The van der Waals surface area contributed by atoms with Gasteiger partial charge in [0.25, 0.3) is 0 Å². The third-order valence-corrected chi connectivity index (χ3v) is 4.55. The molecule has 1 atom stereocenters. The van der Waals surface area contributed by atoms with Crippen molar-refractivity contribution in [1.29, 1.82) is 0 Å². The summed E-state index contributed by atoms with van der Waals surface area (Å²) in [4.78, 5) is 13.8. The van der Waals surface area contributed by atoms with Gasteiger partial charge >= 0.3 is 0 Å². The van der Waals surface area contributed by atoms with Gasteiger partial charge in [0.2, 0.25) is 5.91 Å². The van der Waals surface area contributed by atoms with E-state index in [1.54, 1.807) is 6.92 Å². The van der Waals surface area contributed by atoms with Crippen molar-refractivity contribution in [2.75, 3.05) is 30.0 Å². The first-order valence-corrected chi connectivity index (χ1v) is 7.93. The van der Waals surface area contributed by atoms with Gasteiger partial charge in [-0.05, 0) is 24.6 Å². The number of nitrogens with zero attached hydrogens (tertiary/aromatic N) is 3. The lowest BCUT2D eigenvalue weighted by molar-refractivity contribution is -0.116. The Kier molecular flexibility index (Phi) is 3.34. The molecule has 0 radical (unpaired) electrons. The molecule has 2 aromatic rings. The number of hydrogen-bond acceptors (Lipinski definition) is 4. The molecule has 2 aliphatic rings. The van der Waals surface area contributed by atoms with Crippen molar-refractivity contribution in [3.8, 4) is 11.1 Å². The molecule has 3 heterocycles. The van der Waals surface area contributed by atoms with Crippen molar-refractivity contribution in [1.82, 2.24) is 9.78 Å². The van der Waals surface area contributed by atoms with Crippen molar-refractivity contribution in [3.63, 3.8) is 0 Å². The number of hydrogen-bond donors (Lipinski definition) is 1. The molecule has 1 saturated heterocycles. The highest BCUT2D eigenvalue weighted by Crippen LogP contribution is 2.35. The summed E-state index contributed by atoms with van der Waals surface area (Å²) in [5, 5.41) is 7.85. The molecular formula is C17H20N4O2. The van der Waals surface area contributed by atoms with Gasteiger partial charge in [0.1, 0.15) is 0 Å². The zero-order valence-electron chi connectivity index (χ0n) is 13.3. The first-order chi connectivity index (χ1) is 11.1. The van der Waals surface area contributed by atoms with Gasteiger partial charge in [0, 0.05) is 25.2 Å². The number of carbonyl (C=O) groups excluding carboxylic acids is 1. The van der Waals surface area contributed by atoms with Crippen LogP contribution in [-0.4, -0.2) is 41.5 Å². The smallest absolute Gasteiger partial charge is 0.224 e. The number of ether oxygens (including phenoxy) is 1. The Morgan fingerprint density at radius 1 is 1.35 bits per heavy atom. The highest BCUT2D eigenvalue weighted by molar-refractivity contribution is 5.97. The van der Waals surface area contributed by atoms with Crippen LogP contribution in [0.25, 0.3) is 11.1 Å². The Morgan fingerprint density at radius 2 is 2.17 bits per heavy atom. The highest BCUT2D eigenvalue weighted by atomic mass is 16.5. The zero-order valence-corrected chi connectivity index (χ0v) is 13.3. The number of anilines is 2. The van der Waals surface area contributed by atoms with Crippen molar-refractivity contribution >= 4 is 17.3 Å². The number of fused-ring (bicyclic) bond motifs is 1. The number of rotatable bonds is 2. The van der Waals surface area contributed by atoms with Crippen molar-refractivity contribution in [3.05, 3.63) is 30.6 Å². The summed E-state index contributed by atoms with van der Waals surface area (Å²) < 4.78 is 7.18. The average molecular weight is 312 g/mol. The van der Waals surface area contributed by atoms with E-state index in [-0.39, 0.29) is 11.9 Å². The summed E-state index contributed by atoms with van der Waals surface area (Å²) in [6, 6.07) is 6.67. The molecule has 2 aliphatic heterocycles. The second-order valence-corrected chi connectivity index (χ2v) is 6.25. The topological polar surface area (TPSA) is 59.4 Å². The lowest BCUT2D eigenvalue weighted by atomic mass is 10.0. The van der Waals surface area contributed by atoms with Crippen LogP contribution in [0.3, 0.4) is 0 Å². The monoisotopic (exact) mass is 312 g/mol. The minimum absolute atomic E-state index is 0.0748. The number of benzene rings is 1. The number of nitrogens with one attached hydrogen (secondary N) is 1. The second kappa shape index (κ2) is 5.38. The van der Waals surface area contributed by atoms with E-state index in [1.165, 1.54) is 0 Å². The van der Waals surface area contributed by atoms with Gasteiger partial charge in [0.05, 0.1) is 42.9 Å². The molecule has 1 aromatic heterocycles. The Bertz CT molecular complexity index is 751. The summed E-state index contributed by atoms with van der Waals surface area (Å²) in [5.41, 5.74) is 4.12. The molecule has 23 heavy (non-hydrogen) atoms. The maximum Gasteiger partial charge on any atom is 0.224 e. The Hall–Kier alpha value is -2.34. The first kappa shape index (κ1) is 14.3. The summed E-state index contributed by atoms with van der Waals surface area (Å²) in [6.45, 7) is 5.89. The van der Waals surface area contributed by atoms with Gasteiger partial charge < -0.3 is 15.0 Å². The fraction of sp³-hybridized carbons (Fsp3) is 0.412. The summed E-state index contributed by atoms with van der Waals surface area (Å²) in [7, 11) is 0. The van der Waals surface area contributed by atoms with E-state index in [0.717, 1.165) is 42.3 Å². The van der Waals surface area contributed by atoms with Gasteiger partial charge in [-0.25, -0.2) is 0 Å². The molecule has 0 aliphatic carbocycles. The summed E-state index contributed by atoms with van der Waals surface area (Å²) in [6.07, 6.45) is 3.94. The zero-order chi connectivity index (χ0) is 16.0. The van der Waals surface area contributed by atoms with Crippen molar-refractivity contribution < 1.29 is 9.53 Å². The van der Waals surface area contributed by atoms with Crippen LogP contribution >= 0.6 is 0 Å². The molecule has 6 nitrogen and oxygen atoms in total. The van der Waals surface area contributed by atoms with Crippen LogP contribution in [0.5, 0.6) is 0 Å². The van der Waals surface area contributed by atoms with Crippen molar-refractivity contribution in [2.24, 2.45) is 0 Å². The minimum Gasteiger partial charge on any atom is -0.381 e. The minimum atomic E-state index is 0.0748. The molecule has 1 unspecified atom stereocenters. The third-order valence-electron chi connectivity index (χ3n) is 4.55. The Morgan fingerprint density at radius 3 is 2.87 bits per heavy atom. The van der Waals surface area contributed by atoms with E-state index in [4.69, 9.17) is 4.74 Å². The van der Waals surface area contributed by atoms with Crippen LogP contribution < -0.4 is 10.2 Å². The lowest BCUT2D eigenvalue weighted by Gasteiger charge is -2.35. The largest absolute Gasteiger partial charge is 0.381 e. The van der Waals surface area contributed by atoms with Gasteiger partial charge in [-0.1, -0.05) is 6.07 Å². The standard InChI is InChI=1S/C17H20N4O2/c1-11-6-18-16-5-13(3-4-17(16)21(11)12(2)22)14-7-19-20(8-14)15-9-23-10-15/h3-5,7-8,11,15,18H,6,9-10H2,1-2H3. The fourth-order valence-corrected chi connectivity index (χ4v) is 3.20. The average Bonchev–Trinajstić information content (AvgIpc) is 2.93. The molecule has 4 rings (SSSR count). The van der Waals surface area contributed by atoms with E-state index in [0.29, 0.717) is 6.04 Å². The molecule has 0 bridgehead atoms. The van der Waals surface area contributed by atoms with E-state index in [9.17, 15) is 4.79 Å². The summed E-state index contributed by atoms with van der Waals surface area (Å²) in [5.74, 6) is 0.0748. The van der Waals surface area contributed by atoms with Crippen LogP contribution in [0, 0.1) is 0 Å².